The highest BCUT2D eigenvalue weighted by atomic mass is 16.5. The van der Waals surface area contributed by atoms with Gasteiger partial charge in [0.1, 0.15) is 5.75 Å². The molecule has 1 unspecified atom stereocenters. The van der Waals surface area contributed by atoms with Gasteiger partial charge >= 0.3 is 0 Å². The van der Waals surface area contributed by atoms with Crippen molar-refractivity contribution in [3.05, 3.63) is 65.2 Å². The Balaban J connectivity index is 1.77. The molecule has 2 heteroatoms. The van der Waals surface area contributed by atoms with Gasteiger partial charge in [-0.25, -0.2) is 0 Å². The first-order valence-corrected chi connectivity index (χ1v) is 6.74. The molecule has 0 spiro atoms. The predicted molar refractivity (Wildman–Crippen MR) is 77.3 cm³/mol. The van der Waals surface area contributed by atoms with Gasteiger partial charge in [0.2, 0.25) is 0 Å². The zero-order valence-corrected chi connectivity index (χ0v) is 11.2. The monoisotopic (exact) mass is 253 g/mol. The number of ether oxygens (including phenoxy) is 1. The molecular formula is C17H19NO. The SMILES string of the molecule is COc1ccc(C(N)C2Cc3ccccc3C2)cc1. The topological polar surface area (TPSA) is 35.2 Å². The molecule has 0 radical (unpaired) electrons. The Morgan fingerprint density at radius 3 is 2.11 bits per heavy atom. The molecule has 1 aliphatic rings. The van der Waals surface area contributed by atoms with Gasteiger partial charge in [-0.15, -0.1) is 0 Å². The highest BCUT2D eigenvalue weighted by Crippen LogP contribution is 2.34. The summed E-state index contributed by atoms with van der Waals surface area (Å²) in [5.41, 5.74) is 10.5. The molecule has 2 N–H and O–H groups in total. The predicted octanol–water partition coefficient (Wildman–Crippen LogP) is 3.11. The molecule has 0 heterocycles. The highest BCUT2D eigenvalue weighted by molar-refractivity contribution is 5.35. The Bertz CT molecular complexity index is 537. The highest BCUT2D eigenvalue weighted by Gasteiger charge is 2.27. The van der Waals surface area contributed by atoms with E-state index in [4.69, 9.17) is 10.5 Å². The quantitative estimate of drug-likeness (QED) is 0.912. The molecule has 0 amide bonds. The fourth-order valence-corrected chi connectivity index (χ4v) is 2.95. The molecule has 1 atom stereocenters. The number of nitrogens with two attached hydrogens (primary N) is 1. The van der Waals surface area contributed by atoms with Crippen LogP contribution in [0.15, 0.2) is 48.5 Å². The summed E-state index contributed by atoms with van der Waals surface area (Å²) in [4.78, 5) is 0. The number of hydrogen-bond acceptors (Lipinski definition) is 2. The minimum atomic E-state index is 0.0957. The summed E-state index contributed by atoms with van der Waals surface area (Å²) in [6.07, 6.45) is 2.17. The van der Waals surface area contributed by atoms with E-state index in [-0.39, 0.29) is 6.04 Å². The summed E-state index contributed by atoms with van der Waals surface area (Å²) in [6.45, 7) is 0. The molecule has 1 aliphatic carbocycles. The van der Waals surface area contributed by atoms with E-state index >= 15 is 0 Å². The lowest BCUT2D eigenvalue weighted by molar-refractivity contribution is 0.413. The Hall–Kier alpha value is -1.80. The van der Waals surface area contributed by atoms with Gasteiger partial charge in [-0.1, -0.05) is 36.4 Å². The van der Waals surface area contributed by atoms with E-state index in [0.717, 1.165) is 18.6 Å². The number of benzene rings is 2. The van der Waals surface area contributed by atoms with Crippen LogP contribution in [0.3, 0.4) is 0 Å². The lowest BCUT2D eigenvalue weighted by Gasteiger charge is -2.19. The molecule has 2 nitrogen and oxygen atoms in total. The van der Waals surface area contributed by atoms with Gasteiger partial charge < -0.3 is 10.5 Å². The van der Waals surface area contributed by atoms with Crippen molar-refractivity contribution in [1.29, 1.82) is 0 Å². The molecule has 0 aliphatic heterocycles. The first-order valence-electron chi connectivity index (χ1n) is 6.74. The van der Waals surface area contributed by atoms with Crippen molar-refractivity contribution in [2.75, 3.05) is 7.11 Å². The van der Waals surface area contributed by atoms with E-state index < -0.39 is 0 Å². The van der Waals surface area contributed by atoms with Gasteiger partial charge in [0.25, 0.3) is 0 Å². The Kier molecular flexibility index (Phi) is 3.26. The Labute approximate surface area is 114 Å². The number of hydrogen-bond donors (Lipinski definition) is 1. The van der Waals surface area contributed by atoms with Crippen LogP contribution in [-0.2, 0) is 12.8 Å². The average molecular weight is 253 g/mol. The van der Waals surface area contributed by atoms with Crippen LogP contribution in [0.4, 0.5) is 0 Å². The molecule has 0 fully saturated rings. The van der Waals surface area contributed by atoms with Crippen molar-refractivity contribution < 1.29 is 4.74 Å². The normalized spacial score (nSPS) is 16.1. The third-order valence-corrected chi connectivity index (χ3v) is 4.09. The van der Waals surface area contributed by atoms with E-state index in [0.29, 0.717) is 5.92 Å². The zero-order valence-electron chi connectivity index (χ0n) is 11.2. The molecule has 0 bridgehead atoms. The summed E-state index contributed by atoms with van der Waals surface area (Å²) < 4.78 is 5.18. The minimum absolute atomic E-state index is 0.0957. The second-order valence-electron chi connectivity index (χ2n) is 5.24. The van der Waals surface area contributed by atoms with Gasteiger partial charge in [-0.05, 0) is 47.6 Å². The zero-order chi connectivity index (χ0) is 13.2. The van der Waals surface area contributed by atoms with Gasteiger partial charge in [-0.3, -0.25) is 0 Å². The number of fused-ring (bicyclic) bond motifs is 1. The van der Waals surface area contributed by atoms with Gasteiger partial charge in [0, 0.05) is 6.04 Å². The largest absolute Gasteiger partial charge is 0.497 e. The van der Waals surface area contributed by atoms with Crippen LogP contribution in [-0.4, -0.2) is 7.11 Å². The third-order valence-electron chi connectivity index (χ3n) is 4.09. The van der Waals surface area contributed by atoms with Crippen LogP contribution in [0, 0.1) is 5.92 Å². The molecule has 19 heavy (non-hydrogen) atoms. The van der Waals surface area contributed by atoms with Gasteiger partial charge in [-0.2, -0.15) is 0 Å². The molecule has 2 aromatic carbocycles. The molecule has 0 saturated carbocycles. The fourth-order valence-electron chi connectivity index (χ4n) is 2.95. The lowest BCUT2D eigenvalue weighted by Crippen LogP contribution is -2.21. The van der Waals surface area contributed by atoms with E-state index in [9.17, 15) is 0 Å². The maximum absolute atomic E-state index is 6.43. The first-order chi connectivity index (χ1) is 9.28. The molecule has 2 aromatic rings. The van der Waals surface area contributed by atoms with Crippen LogP contribution in [0.1, 0.15) is 22.7 Å². The molecular weight excluding hydrogens is 234 g/mol. The van der Waals surface area contributed by atoms with Crippen molar-refractivity contribution >= 4 is 0 Å². The molecule has 0 aromatic heterocycles. The van der Waals surface area contributed by atoms with Crippen molar-refractivity contribution in [3.63, 3.8) is 0 Å². The lowest BCUT2D eigenvalue weighted by atomic mass is 9.91. The molecule has 0 saturated heterocycles. The van der Waals surface area contributed by atoms with Crippen LogP contribution >= 0.6 is 0 Å². The number of methoxy groups -OCH3 is 1. The summed E-state index contributed by atoms with van der Waals surface area (Å²) in [5, 5.41) is 0. The van der Waals surface area contributed by atoms with Crippen LogP contribution < -0.4 is 10.5 Å². The summed E-state index contributed by atoms with van der Waals surface area (Å²) in [7, 11) is 1.68. The molecule has 98 valence electrons. The van der Waals surface area contributed by atoms with Crippen LogP contribution in [0.5, 0.6) is 5.75 Å². The van der Waals surface area contributed by atoms with E-state index in [2.05, 4.69) is 36.4 Å². The van der Waals surface area contributed by atoms with Crippen LogP contribution in [0.2, 0.25) is 0 Å². The summed E-state index contributed by atoms with van der Waals surface area (Å²) >= 11 is 0. The van der Waals surface area contributed by atoms with Crippen molar-refractivity contribution in [2.45, 2.75) is 18.9 Å². The van der Waals surface area contributed by atoms with E-state index in [1.165, 1.54) is 16.7 Å². The second kappa shape index (κ2) is 5.06. The van der Waals surface area contributed by atoms with Crippen molar-refractivity contribution in [2.24, 2.45) is 11.7 Å². The summed E-state index contributed by atoms with van der Waals surface area (Å²) in [5.74, 6) is 1.39. The van der Waals surface area contributed by atoms with Crippen molar-refractivity contribution in [3.8, 4) is 5.75 Å². The number of rotatable bonds is 3. The first kappa shape index (κ1) is 12.2. The smallest absolute Gasteiger partial charge is 0.118 e. The van der Waals surface area contributed by atoms with E-state index in [1.807, 2.05) is 12.1 Å². The van der Waals surface area contributed by atoms with Gasteiger partial charge in [0.15, 0.2) is 0 Å². The fraction of sp³-hybridized carbons (Fsp3) is 0.294. The summed E-state index contributed by atoms with van der Waals surface area (Å²) in [6, 6.07) is 16.9. The average Bonchev–Trinajstić information content (AvgIpc) is 2.90. The minimum Gasteiger partial charge on any atom is -0.497 e. The maximum Gasteiger partial charge on any atom is 0.118 e. The van der Waals surface area contributed by atoms with E-state index in [1.54, 1.807) is 7.11 Å². The third kappa shape index (κ3) is 2.36. The van der Waals surface area contributed by atoms with Crippen LogP contribution in [0.25, 0.3) is 0 Å². The maximum atomic E-state index is 6.43. The molecule has 3 rings (SSSR count). The van der Waals surface area contributed by atoms with Crippen molar-refractivity contribution in [1.82, 2.24) is 0 Å². The Morgan fingerprint density at radius 2 is 1.58 bits per heavy atom. The van der Waals surface area contributed by atoms with Gasteiger partial charge in [0.05, 0.1) is 7.11 Å². The Morgan fingerprint density at radius 1 is 1.00 bits per heavy atom. The standard InChI is InChI=1S/C17H19NO/c1-19-16-8-6-12(7-9-16)17(18)15-10-13-4-2-3-5-14(13)11-15/h2-9,15,17H,10-11,18H2,1H3. The second-order valence-corrected chi connectivity index (χ2v) is 5.24.